The number of nitrogen functional groups attached to an aromatic ring is 1. The molecule has 0 aromatic carbocycles. The van der Waals surface area contributed by atoms with Crippen molar-refractivity contribution in [2.45, 2.75) is 26.7 Å². The molecular weight excluding hydrogens is 535 g/mol. The molecule has 0 radical (unpaired) electrons. The van der Waals surface area contributed by atoms with Crippen molar-refractivity contribution in [2.24, 2.45) is 5.16 Å². The molecule has 0 spiro atoms. The number of carbonyl (C=O) groups is 3. The van der Waals surface area contributed by atoms with Crippen LogP contribution in [0.5, 0.6) is 0 Å². The summed E-state index contributed by atoms with van der Waals surface area (Å²) < 4.78 is 0. The second-order valence-electron chi connectivity index (χ2n) is 7.03. The fourth-order valence-electron chi connectivity index (χ4n) is 3.52. The number of hydrogen-bond acceptors (Lipinski definition) is 13. The van der Waals surface area contributed by atoms with E-state index in [0.29, 0.717) is 10.7 Å². The van der Waals surface area contributed by atoms with E-state index in [1.54, 1.807) is 17.5 Å². The molecule has 35 heavy (non-hydrogen) atoms. The zero-order chi connectivity index (χ0) is 25.2. The number of carbonyl (C=O) groups excluding carboxylic acids is 2. The highest BCUT2D eigenvalue weighted by Gasteiger charge is 2.56. The number of nitrogens with one attached hydrogen (secondary N) is 1. The molecule has 0 bridgehead atoms. The van der Waals surface area contributed by atoms with Crippen molar-refractivity contribution in [3.63, 3.8) is 0 Å². The summed E-state index contributed by atoms with van der Waals surface area (Å²) in [6.45, 7) is 0. The highest BCUT2D eigenvalue weighted by molar-refractivity contribution is 8.01. The molecule has 4 rings (SSSR count). The molecular formula is C19H19N7O5S4. The number of oxime groups is 1. The summed E-state index contributed by atoms with van der Waals surface area (Å²) in [5, 5.41) is 27.5. The first-order valence-electron chi connectivity index (χ1n) is 9.86. The maximum Gasteiger partial charge on any atom is 0.352 e. The number of rotatable bonds is 9. The number of carboxylic acid groups (broad SMARTS) is 1. The first-order valence-corrected chi connectivity index (χ1v) is 13.8. The van der Waals surface area contributed by atoms with Crippen molar-refractivity contribution in [2.75, 3.05) is 24.9 Å². The first-order chi connectivity index (χ1) is 16.8. The number of thiazole rings is 1. The normalized spacial score (nSPS) is 21.6. The van der Waals surface area contributed by atoms with Gasteiger partial charge in [-0.15, -0.1) is 33.3 Å². The quantitative estimate of drug-likeness (QED) is 0.177. The van der Waals surface area contributed by atoms with Crippen LogP contribution in [0.1, 0.15) is 12.1 Å². The second kappa shape index (κ2) is 10.4. The standard InChI is InChI=1S/C19H19N7O5S4/c1-31-21-6-11(27)23-19(10-8-34-18(20)22-10)9(7-33-13-4-3-12(32-2)24-25-13)16(17(29)30)26-14(28)5-15(26)35-19/h3-4,6,8,15H,5,7H2,1-2H3,(H2,20,22)(H,23,27)(H,29,30)/t15-,19?/m0/s1. The number of β-lactam (4-membered cyclic amide) rings is 1. The van der Waals surface area contributed by atoms with Crippen LogP contribution in [0.4, 0.5) is 5.13 Å². The predicted molar refractivity (Wildman–Crippen MR) is 134 cm³/mol. The average molecular weight is 554 g/mol. The van der Waals surface area contributed by atoms with Gasteiger partial charge in [-0.1, -0.05) is 28.7 Å². The molecule has 16 heteroatoms. The van der Waals surface area contributed by atoms with Crippen LogP contribution in [0.25, 0.3) is 0 Å². The highest BCUT2D eigenvalue weighted by Crippen LogP contribution is 2.55. The Kier molecular flexibility index (Phi) is 7.53. The Bertz CT molecular complexity index is 1220. The summed E-state index contributed by atoms with van der Waals surface area (Å²) in [7, 11) is 1.29. The number of nitrogens with two attached hydrogens (primary N) is 1. The summed E-state index contributed by atoms with van der Waals surface area (Å²) in [6, 6.07) is 3.57. The Morgan fingerprint density at radius 2 is 2.17 bits per heavy atom. The Labute approximate surface area is 216 Å². The molecule has 2 aromatic heterocycles. The summed E-state index contributed by atoms with van der Waals surface area (Å²) in [6.07, 6.45) is 2.94. The summed E-state index contributed by atoms with van der Waals surface area (Å²) in [5.74, 6) is -2.18. The minimum atomic E-state index is -1.43. The number of anilines is 1. The molecule has 2 aliphatic rings. The lowest BCUT2D eigenvalue weighted by Gasteiger charge is -2.51. The summed E-state index contributed by atoms with van der Waals surface area (Å²) >= 11 is 5.04. The predicted octanol–water partition coefficient (Wildman–Crippen LogP) is 1.57. The molecule has 0 aliphatic carbocycles. The van der Waals surface area contributed by atoms with Gasteiger partial charge in [0.2, 0.25) is 5.91 Å². The monoisotopic (exact) mass is 553 g/mol. The van der Waals surface area contributed by atoms with Crippen LogP contribution in [0.3, 0.4) is 0 Å². The zero-order valence-corrected chi connectivity index (χ0v) is 21.6. The molecule has 1 saturated heterocycles. The number of nitrogens with zero attached hydrogens (tertiary/aromatic N) is 5. The number of aliphatic carboxylic acids is 1. The molecule has 1 unspecified atom stereocenters. The third kappa shape index (κ3) is 4.96. The number of aromatic nitrogens is 3. The molecule has 2 aromatic rings. The minimum Gasteiger partial charge on any atom is -0.477 e. The maximum atomic E-state index is 12.8. The van der Waals surface area contributed by atoms with Gasteiger partial charge in [0.15, 0.2) is 10.0 Å². The zero-order valence-electron chi connectivity index (χ0n) is 18.3. The van der Waals surface area contributed by atoms with Crippen LogP contribution in [0.15, 0.2) is 44.0 Å². The van der Waals surface area contributed by atoms with Gasteiger partial charge in [0.25, 0.3) is 5.91 Å². The number of amides is 2. The average Bonchev–Trinajstić information content (AvgIpc) is 3.28. The van der Waals surface area contributed by atoms with Crippen molar-refractivity contribution in [1.82, 2.24) is 25.4 Å². The van der Waals surface area contributed by atoms with Crippen molar-refractivity contribution in [1.29, 1.82) is 0 Å². The van der Waals surface area contributed by atoms with Crippen molar-refractivity contribution in [3.8, 4) is 0 Å². The number of thioether (sulfide) groups is 3. The molecule has 2 amide bonds. The van der Waals surface area contributed by atoms with Crippen molar-refractivity contribution >= 4 is 75.8 Å². The lowest BCUT2D eigenvalue weighted by Crippen LogP contribution is -2.61. The van der Waals surface area contributed by atoms with Gasteiger partial charge >= 0.3 is 5.97 Å². The van der Waals surface area contributed by atoms with Crippen LogP contribution < -0.4 is 11.1 Å². The van der Waals surface area contributed by atoms with Crippen LogP contribution >= 0.6 is 46.6 Å². The van der Waals surface area contributed by atoms with E-state index in [0.717, 1.165) is 22.6 Å². The Morgan fingerprint density at radius 3 is 2.74 bits per heavy atom. The first kappa shape index (κ1) is 25.3. The van der Waals surface area contributed by atoms with Gasteiger partial charge in [0.05, 0.1) is 17.5 Å². The van der Waals surface area contributed by atoms with E-state index in [-0.39, 0.29) is 34.5 Å². The molecule has 0 saturated carbocycles. The van der Waals surface area contributed by atoms with E-state index in [1.807, 2.05) is 6.26 Å². The topological polar surface area (TPSA) is 173 Å². The van der Waals surface area contributed by atoms with Gasteiger partial charge in [0, 0.05) is 16.7 Å². The van der Waals surface area contributed by atoms with Crippen LogP contribution in [-0.2, 0) is 24.1 Å². The lowest BCUT2D eigenvalue weighted by atomic mass is 9.98. The van der Waals surface area contributed by atoms with Gasteiger partial charge in [-0.25, -0.2) is 9.78 Å². The molecule has 1 fully saturated rings. The van der Waals surface area contributed by atoms with Crippen molar-refractivity contribution in [3.05, 3.63) is 34.5 Å². The van der Waals surface area contributed by atoms with Gasteiger partial charge in [0.1, 0.15) is 29.1 Å². The number of hydrogen-bond donors (Lipinski definition) is 3. The largest absolute Gasteiger partial charge is 0.477 e. The molecule has 184 valence electrons. The smallest absolute Gasteiger partial charge is 0.352 e. The number of carboxylic acids is 1. The second-order valence-corrected chi connectivity index (χ2v) is 11.1. The lowest BCUT2D eigenvalue weighted by molar-refractivity contribution is -0.146. The third-order valence-electron chi connectivity index (χ3n) is 5.02. The maximum absolute atomic E-state index is 12.8. The fourth-order valence-corrected chi connectivity index (χ4v) is 7.19. The van der Waals surface area contributed by atoms with Gasteiger partial charge in [-0.05, 0) is 18.4 Å². The molecule has 4 heterocycles. The van der Waals surface area contributed by atoms with Crippen LogP contribution in [0, 0.1) is 0 Å². The van der Waals surface area contributed by atoms with E-state index < -0.39 is 22.1 Å². The Hall–Kier alpha value is -2.82. The van der Waals surface area contributed by atoms with E-state index in [1.165, 1.54) is 47.3 Å². The van der Waals surface area contributed by atoms with E-state index in [2.05, 4.69) is 30.5 Å². The van der Waals surface area contributed by atoms with E-state index in [9.17, 15) is 19.5 Å². The molecule has 2 aliphatic heterocycles. The third-order valence-corrected chi connectivity index (χ3v) is 8.84. The van der Waals surface area contributed by atoms with E-state index >= 15 is 0 Å². The SMILES string of the molecule is CON=CC(=O)NC1(c2csc(N)n2)S[C@H]2CC(=O)N2C(C(=O)O)=C1CSc1ccc(SC)nn1. The fraction of sp³-hybridized carbons (Fsp3) is 0.316. The van der Waals surface area contributed by atoms with Gasteiger partial charge in [-0.2, -0.15) is 0 Å². The van der Waals surface area contributed by atoms with Gasteiger partial charge < -0.3 is 21.0 Å². The molecule has 12 nitrogen and oxygen atoms in total. The highest BCUT2D eigenvalue weighted by atomic mass is 32.2. The van der Waals surface area contributed by atoms with E-state index in [4.69, 9.17) is 5.73 Å². The van der Waals surface area contributed by atoms with Gasteiger partial charge in [-0.3, -0.25) is 14.5 Å². The van der Waals surface area contributed by atoms with Crippen molar-refractivity contribution < 1.29 is 24.3 Å². The summed E-state index contributed by atoms with van der Waals surface area (Å²) in [5.41, 5.74) is 6.30. The van der Waals surface area contributed by atoms with Crippen LogP contribution in [-0.4, -0.2) is 73.7 Å². The molecule has 4 N–H and O–H groups in total. The molecule has 2 atom stereocenters. The Morgan fingerprint density at radius 1 is 1.43 bits per heavy atom. The number of fused-ring (bicyclic) bond motifs is 1. The summed E-state index contributed by atoms with van der Waals surface area (Å²) in [4.78, 5) is 46.5. The van der Waals surface area contributed by atoms with Crippen LogP contribution in [0.2, 0.25) is 0 Å². The minimum absolute atomic E-state index is 0.0670. The Balaban J connectivity index is 1.84.